The van der Waals surface area contributed by atoms with Crippen LogP contribution in [0.15, 0.2) is 36.4 Å². The average molecular weight is 528 g/mol. The smallest absolute Gasteiger partial charge is 0.416 e. The van der Waals surface area contributed by atoms with E-state index in [-0.39, 0.29) is 24.3 Å². The summed E-state index contributed by atoms with van der Waals surface area (Å²) in [5.41, 5.74) is -15.5. The van der Waals surface area contributed by atoms with E-state index in [9.17, 15) is 62.6 Å². The van der Waals surface area contributed by atoms with Crippen LogP contribution < -0.4 is 0 Å². The fourth-order valence-electron chi connectivity index (χ4n) is 2.97. The minimum atomic E-state index is -5.52. The van der Waals surface area contributed by atoms with Gasteiger partial charge in [-0.05, 0) is 43.3 Å². The van der Waals surface area contributed by atoms with Crippen LogP contribution in [0.3, 0.4) is 0 Å². The second-order valence-electron chi connectivity index (χ2n) is 7.02. The van der Waals surface area contributed by atoms with Crippen molar-refractivity contribution in [3.8, 4) is 0 Å². The molecular formula is C20H12F12O3. The molecule has 0 aliphatic rings. The van der Waals surface area contributed by atoms with Crippen LogP contribution in [0.4, 0.5) is 52.7 Å². The Kier molecular flexibility index (Phi) is 7.20. The molecule has 2 aromatic carbocycles. The summed E-state index contributed by atoms with van der Waals surface area (Å²) in [5.74, 6) is -2.11. The third-order valence-corrected chi connectivity index (χ3v) is 4.58. The van der Waals surface area contributed by atoms with Crippen molar-refractivity contribution in [2.45, 2.75) is 37.2 Å². The lowest BCUT2D eigenvalue weighted by atomic mass is 9.82. The maximum atomic E-state index is 13.3. The van der Waals surface area contributed by atoms with E-state index < -0.39 is 88.4 Å². The molecule has 0 aromatic heterocycles. The van der Waals surface area contributed by atoms with Crippen LogP contribution in [0.25, 0.3) is 0 Å². The summed E-state index contributed by atoms with van der Waals surface area (Å²) in [4.78, 5) is 12.5. The minimum Gasteiger partial charge on any atom is -0.463 e. The number of carbonyl (C=O) groups is 1. The number of carbonyl (C=O) groups excluding carboxylic acids is 1. The Labute approximate surface area is 187 Å². The van der Waals surface area contributed by atoms with E-state index in [0.29, 0.717) is 0 Å². The summed E-state index contributed by atoms with van der Waals surface area (Å²) < 4.78 is 163. The zero-order valence-corrected chi connectivity index (χ0v) is 17.0. The lowest BCUT2D eigenvalue weighted by Gasteiger charge is -2.29. The molecule has 0 amide bonds. The molecule has 0 saturated carbocycles. The van der Waals surface area contributed by atoms with Gasteiger partial charge in [0.15, 0.2) is 0 Å². The molecule has 2 rings (SSSR count). The minimum absolute atomic E-state index is 0.209. The quantitative estimate of drug-likeness (QED) is 0.361. The van der Waals surface area contributed by atoms with Gasteiger partial charge in [-0.1, -0.05) is 0 Å². The predicted molar refractivity (Wildman–Crippen MR) is 92.5 cm³/mol. The van der Waals surface area contributed by atoms with Gasteiger partial charge in [-0.3, -0.25) is 0 Å². The molecule has 0 bridgehead atoms. The van der Waals surface area contributed by atoms with Crippen LogP contribution in [-0.4, -0.2) is 17.7 Å². The van der Waals surface area contributed by atoms with Crippen molar-refractivity contribution >= 4 is 5.97 Å². The summed E-state index contributed by atoms with van der Waals surface area (Å²) in [6.07, 6.45) is -22.1. The zero-order chi connectivity index (χ0) is 27.2. The number of benzene rings is 2. The first-order chi connectivity index (χ1) is 15.6. The van der Waals surface area contributed by atoms with Crippen molar-refractivity contribution in [3.05, 3.63) is 69.8 Å². The number of esters is 1. The van der Waals surface area contributed by atoms with Crippen molar-refractivity contribution < 1.29 is 67.3 Å². The van der Waals surface area contributed by atoms with Crippen LogP contribution in [0, 0.1) is 0 Å². The molecule has 15 heteroatoms. The van der Waals surface area contributed by atoms with Gasteiger partial charge in [0.25, 0.3) is 0 Å². The van der Waals surface area contributed by atoms with E-state index in [1.54, 1.807) is 0 Å². The first kappa shape index (κ1) is 28.3. The standard InChI is InChI=1S/C20H12F12O3/c1-2-35-15(33)16(34,9-3-11(17(21,22)23)7-12(4-9)18(24,25)26)10-5-13(19(27,28)29)8-14(6-10)20(30,31)32/h3-8,34H,2H2,1H3. The number of hydrogen-bond donors (Lipinski definition) is 1. The van der Waals surface area contributed by atoms with Gasteiger partial charge in [0.2, 0.25) is 5.60 Å². The number of ether oxygens (including phenoxy) is 1. The molecule has 0 aliphatic carbocycles. The van der Waals surface area contributed by atoms with Gasteiger partial charge in [-0.2, -0.15) is 52.7 Å². The van der Waals surface area contributed by atoms with E-state index in [1.807, 2.05) is 0 Å². The normalized spacial score (nSPS) is 13.7. The summed E-state index contributed by atoms with van der Waals surface area (Å²) in [5, 5.41) is 11.0. The monoisotopic (exact) mass is 528 g/mol. The highest BCUT2D eigenvalue weighted by atomic mass is 19.4. The highest BCUT2D eigenvalue weighted by Crippen LogP contribution is 2.44. The number of aliphatic hydroxyl groups is 1. The van der Waals surface area contributed by atoms with Gasteiger partial charge < -0.3 is 9.84 Å². The van der Waals surface area contributed by atoms with Crippen molar-refractivity contribution in [1.29, 1.82) is 0 Å². The van der Waals surface area contributed by atoms with Crippen LogP contribution in [0.2, 0.25) is 0 Å². The lowest BCUT2D eigenvalue weighted by molar-refractivity contribution is -0.163. The maximum Gasteiger partial charge on any atom is 0.416 e. The van der Waals surface area contributed by atoms with Gasteiger partial charge in [-0.25, -0.2) is 4.79 Å². The fraction of sp³-hybridized carbons (Fsp3) is 0.350. The van der Waals surface area contributed by atoms with E-state index >= 15 is 0 Å². The van der Waals surface area contributed by atoms with Gasteiger partial charge >= 0.3 is 30.7 Å². The third kappa shape index (κ3) is 6.00. The van der Waals surface area contributed by atoms with Crippen LogP contribution in [0.1, 0.15) is 40.3 Å². The molecular weight excluding hydrogens is 516 g/mol. The summed E-state index contributed by atoms with van der Waals surface area (Å²) in [6.45, 7) is 0.357. The average Bonchev–Trinajstić information content (AvgIpc) is 2.70. The molecule has 1 N–H and O–H groups in total. The summed E-state index contributed by atoms with van der Waals surface area (Å²) in [7, 11) is 0. The highest BCUT2D eigenvalue weighted by molar-refractivity contribution is 5.86. The van der Waals surface area contributed by atoms with E-state index in [4.69, 9.17) is 0 Å². The summed E-state index contributed by atoms with van der Waals surface area (Å²) >= 11 is 0. The molecule has 0 aliphatic heterocycles. The first-order valence-electron chi connectivity index (χ1n) is 9.11. The molecule has 0 heterocycles. The number of hydrogen-bond acceptors (Lipinski definition) is 3. The molecule has 0 saturated heterocycles. The van der Waals surface area contributed by atoms with Crippen molar-refractivity contribution in [3.63, 3.8) is 0 Å². The second-order valence-corrected chi connectivity index (χ2v) is 7.02. The van der Waals surface area contributed by atoms with Gasteiger partial charge in [0, 0.05) is 11.1 Å². The van der Waals surface area contributed by atoms with Crippen LogP contribution in [-0.2, 0) is 39.8 Å². The summed E-state index contributed by atoms with van der Waals surface area (Å²) in [6, 6.07) is -1.66. The Morgan fingerprint density at radius 3 is 1.03 bits per heavy atom. The number of halogens is 12. The van der Waals surface area contributed by atoms with Gasteiger partial charge in [0.05, 0.1) is 28.9 Å². The Hall–Kier alpha value is -2.97. The van der Waals surface area contributed by atoms with Crippen molar-refractivity contribution in [2.75, 3.05) is 6.61 Å². The van der Waals surface area contributed by atoms with Crippen molar-refractivity contribution in [2.24, 2.45) is 0 Å². The van der Waals surface area contributed by atoms with Crippen LogP contribution >= 0.6 is 0 Å². The molecule has 0 spiro atoms. The molecule has 0 fully saturated rings. The van der Waals surface area contributed by atoms with Gasteiger partial charge in [-0.15, -0.1) is 0 Å². The van der Waals surface area contributed by atoms with Gasteiger partial charge in [0.1, 0.15) is 0 Å². The van der Waals surface area contributed by atoms with E-state index in [1.165, 1.54) is 0 Å². The fourth-order valence-corrected chi connectivity index (χ4v) is 2.97. The zero-order valence-electron chi connectivity index (χ0n) is 17.0. The Morgan fingerprint density at radius 1 is 0.600 bits per heavy atom. The third-order valence-electron chi connectivity index (χ3n) is 4.58. The molecule has 2 aromatic rings. The molecule has 35 heavy (non-hydrogen) atoms. The molecule has 0 atom stereocenters. The molecule has 0 radical (unpaired) electrons. The Balaban J connectivity index is 3.04. The van der Waals surface area contributed by atoms with Crippen LogP contribution in [0.5, 0.6) is 0 Å². The van der Waals surface area contributed by atoms with Crippen molar-refractivity contribution in [1.82, 2.24) is 0 Å². The largest absolute Gasteiger partial charge is 0.463 e. The van der Waals surface area contributed by atoms with E-state index in [0.717, 1.165) is 6.92 Å². The Bertz CT molecular complexity index is 954. The van der Waals surface area contributed by atoms with E-state index in [2.05, 4.69) is 4.74 Å². The topological polar surface area (TPSA) is 46.5 Å². The molecule has 0 unspecified atom stereocenters. The molecule has 194 valence electrons. The maximum absolute atomic E-state index is 13.3. The highest BCUT2D eigenvalue weighted by Gasteiger charge is 2.48. The lowest BCUT2D eigenvalue weighted by Crippen LogP contribution is -2.39. The predicted octanol–water partition coefficient (Wildman–Crippen LogP) is 6.56. The number of rotatable bonds is 4. The first-order valence-corrected chi connectivity index (χ1v) is 9.11. The second kappa shape index (κ2) is 8.91. The molecule has 3 nitrogen and oxygen atoms in total. The SMILES string of the molecule is CCOC(=O)C(O)(c1cc(C(F)(F)F)cc(C(F)(F)F)c1)c1cc(C(F)(F)F)cc(C(F)(F)F)c1. The number of alkyl halides is 12. The Morgan fingerprint density at radius 2 is 0.829 bits per heavy atom.